The third-order valence-electron chi connectivity index (χ3n) is 3.24. The Labute approximate surface area is 111 Å². The minimum atomic E-state index is 0.383. The summed E-state index contributed by atoms with van der Waals surface area (Å²) in [6, 6.07) is 9.85. The molecule has 1 N–H and O–H groups in total. The quantitative estimate of drug-likeness (QED) is 0.884. The van der Waals surface area contributed by atoms with E-state index >= 15 is 0 Å². The van der Waals surface area contributed by atoms with Crippen molar-refractivity contribution in [2.24, 2.45) is 0 Å². The molecule has 2 aromatic rings. The highest BCUT2D eigenvalue weighted by molar-refractivity contribution is 5.38. The van der Waals surface area contributed by atoms with Gasteiger partial charge in [0.2, 0.25) is 5.95 Å². The predicted octanol–water partition coefficient (Wildman–Crippen LogP) is 1.64. The van der Waals surface area contributed by atoms with Gasteiger partial charge in [0.05, 0.1) is 11.8 Å². The molecule has 0 radical (unpaired) electrons. The minimum Gasteiger partial charge on any atom is -0.378 e. The SMILES string of the molecule is c1ccc(-n2nnnc2NCC[C@H]2CCCO2)cc1. The highest BCUT2D eigenvalue weighted by Gasteiger charge is 2.15. The Morgan fingerprint density at radius 2 is 2.21 bits per heavy atom. The van der Waals surface area contributed by atoms with E-state index in [-0.39, 0.29) is 0 Å². The van der Waals surface area contributed by atoms with Crippen LogP contribution >= 0.6 is 0 Å². The predicted molar refractivity (Wildman–Crippen MR) is 71.2 cm³/mol. The van der Waals surface area contributed by atoms with Crippen LogP contribution in [0.15, 0.2) is 30.3 Å². The molecule has 0 unspecified atom stereocenters. The van der Waals surface area contributed by atoms with E-state index in [0.717, 1.165) is 31.7 Å². The second kappa shape index (κ2) is 5.79. The molecule has 0 aliphatic carbocycles. The highest BCUT2D eigenvalue weighted by Crippen LogP contribution is 2.16. The lowest BCUT2D eigenvalue weighted by atomic mass is 10.2. The first-order valence-corrected chi connectivity index (χ1v) is 6.63. The normalized spacial score (nSPS) is 18.6. The van der Waals surface area contributed by atoms with Crippen LogP contribution in [0.1, 0.15) is 19.3 Å². The molecule has 6 heteroatoms. The van der Waals surface area contributed by atoms with E-state index in [1.807, 2.05) is 30.3 Å². The van der Waals surface area contributed by atoms with Crippen molar-refractivity contribution in [3.05, 3.63) is 30.3 Å². The van der Waals surface area contributed by atoms with Crippen molar-refractivity contribution in [1.82, 2.24) is 20.2 Å². The average Bonchev–Trinajstić information content (AvgIpc) is 3.11. The average molecular weight is 259 g/mol. The summed E-state index contributed by atoms with van der Waals surface area (Å²) in [7, 11) is 0. The van der Waals surface area contributed by atoms with Crippen molar-refractivity contribution in [1.29, 1.82) is 0 Å². The lowest BCUT2D eigenvalue weighted by Crippen LogP contribution is -2.15. The van der Waals surface area contributed by atoms with Gasteiger partial charge in [0, 0.05) is 13.2 Å². The van der Waals surface area contributed by atoms with Crippen LogP contribution in [0.5, 0.6) is 0 Å². The molecule has 2 heterocycles. The zero-order valence-electron chi connectivity index (χ0n) is 10.7. The zero-order chi connectivity index (χ0) is 12.9. The van der Waals surface area contributed by atoms with E-state index in [9.17, 15) is 0 Å². The van der Waals surface area contributed by atoms with Gasteiger partial charge in [-0.25, -0.2) is 0 Å². The van der Waals surface area contributed by atoms with Crippen molar-refractivity contribution in [2.45, 2.75) is 25.4 Å². The Balaban J connectivity index is 1.61. The maximum atomic E-state index is 5.59. The Morgan fingerprint density at radius 3 is 3.00 bits per heavy atom. The minimum absolute atomic E-state index is 0.383. The van der Waals surface area contributed by atoms with Crippen LogP contribution in [0.3, 0.4) is 0 Å². The summed E-state index contributed by atoms with van der Waals surface area (Å²) in [6.45, 7) is 1.71. The van der Waals surface area contributed by atoms with E-state index in [4.69, 9.17) is 4.74 Å². The molecule has 0 amide bonds. The van der Waals surface area contributed by atoms with Crippen molar-refractivity contribution in [3.63, 3.8) is 0 Å². The first kappa shape index (κ1) is 12.1. The monoisotopic (exact) mass is 259 g/mol. The number of nitrogens with one attached hydrogen (secondary N) is 1. The van der Waals surface area contributed by atoms with E-state index in [1.54, 1.807) is 4.68 Å². The summed E-state index contributed by atoms with van der Waals surface area (Å²) in [5.74, 6) is 0.671. The number of ether oxygens (including phenoxy) is 1. The molecule has 1 aliphatic heterocycles. The Morgan fingerprint density at radius 1 is 1.32 bits per heavy atom. The van der Waals surface area contributed by atoms with Gasteiger partial charge in [0.1, 0.15) is 0 Å². The lowest BCUT2D eigenvalue weighted by molar-refractivity contribution is 0.107. The van der Waals surface area contributed by atoms with Crippen LogP contribution in [0.4, 0.5) is 5.95 Å². The van der Waals surface area contributed by atoms with Crippen molar-refractivity contribution in [3.8, 4) is 5.69 Å². The van der Waals surface area contributed by atoms with Gasteiger partial charge < -0.3 is 10.1 Å². The van der Waals surface area contributed by atoms with E-state index in [1.165, 1.54) is 6.42 Å². The fourth-order valence-electron chi connectivity index (χ4n) is 2.26. The fourth-order valence-corrected chi connectivity index (χ4v) is 2.26. The van der Waals surface area contributed by atoms with E-state index < -0.39 is 0 Å². The summed E-state index contributed by atoms with van der Waals surface area (Å²) in [6.07, 6.45) is 3.70. The van der Waals surface area contributed by atoms with Crippen LogP contribution < -0.4 is 5.32 Å². The number of hydrogen-bond donors (Lipinski definition) is 1. The molecule has 1 fully saturated rings. The van der Waals surface area contributed by atoms with Crippen LogP contribution in [-0.4, -0.2) is 39.5 Å². The van der Waals surface area contributed by atoms with Gasteiger partial charge in [-0.2, -0.15) is 4.68 Å². The highest BCUT2D eigenvalue weighted by atomic mass is 16.5. The van der Waals surface area contributed by atoms with Crippen LogP contribution in [0.25, 0.3) is 5.69 Å². The molecule has 1 aliphatic rings. The van der Waals surface area contributed by atoms with Crippen LogP contribution in [-0.2, 0) is 4.74 Å². The summed E-state index contributed by atoms with van der Waals surface area (Å²) in [5, 5.41) is 15.0. The number of benzene rings is 1. The Kier molecular flexibility index (Phi) is 3.69. The number of para-hydroxylation sites is 1. The summed E-state index contributed by atoms with van der Waals surface area (Å²) in [4.78, 5) is 0. The molecular weight excluding hydrogens is 242 g/mol. The molecule has 6 nitrogen and oxygen atoms in total. The number of hydrogen-bond acceptors (Lipinski definition) is 5. The molecule has 0 spiro atoms. The van der Waals surface area contributed by atoms with Gasteiger partial charge in [0.25, 0.3) is 0 Å². The summed E-state index contributed by atoms with van der Waals surface area (Å²) in [5.41, 5.74) is 0.951. The molecular formula is C13H17N5O. The zero-order valence-corrected chi connectivity index (χ0v) is 10.7. The first-order valence-electron chi connectivity index (χ1n) is 6.63. The first-order chi connectivity index (χ1) is 9.43. The molecule has 19 heavy (non-hydrogen) atoms. The second-order valence-electron chi connectivity index (χ2n) is 4.60. The van der Waals surface area contributed by atoms with Crippen molar-refractivity contribution >= 4 is 5.95 Å². The molecule has 3 rings (SSSR count). The third kappa shape index (κ3) is 2.90. The molecule has 1 aromatic carbocycles. The molecule has 1 saturated heterocycles. The lowest BCUT2D eigenvalue weighted by Gasteiger charge is -2.10. The van der Waals surface area contributed by atoms with Crippen LogP contribution in [0.2, 0.25) is 0 Å². The van der Waals surface area contributed by atoms with Crippen molar-refractivity contribution in [2.75, 3.05) is 18.5 Å². The van der Waals surface area contributed by atoms with Gasteiger partial charge in [-0.15, -0.1) is 0 Å². The van der Waals surface area contributed by atoms with Gasteiger partial charge in [-0.1, -0.05) is 23.3 Å². The topological polar surface area (TPSA) is 64.9 Å². The van der Waals surface area contributed by atoms with E-state index in [2.05, 4.69) is 20.8 Å². The standard InChI is InChI=1S/C13H17N5O/c1-2-5-11(6-3-1)18-13(15-16-17-18)14-9-8-12-7-4-10-19-12/h1-3,5-6,12H,4,7-10H2,(H,14,15,17)/t12-/m1/s1. The number of anilines is 1. The van der Waals surface area contributed by atoms with E-state index in [0.29, 0.717) is 12.1 Å². The van der Waals surface area contributed by atoms with Gasteiger partial charge in [-0.3, -0.25) is 0 Å². The fraction of sp³-hybridized carbons (Fsp3) is 0.462. The van der Waals surface area contributed by atoms with Gasteiger partial charge in [0.15, 0.2) is 0 Å². The smallest absolute Gasteiger partial charge is 0.247 e. The van der Waals surface area contributed by atoms with Crippen LogP contribution in [0, 0.1) is 0 Å². The number of aromatic nitrogens is 4. The molecule has 0 saturated carbocycles. The van der Waals surface area contributed by atoms with Gasteiger partial charge >= 0.3 is 0 Å². The molecule has 1 atom stereocenters. The summed E-state index contributed by atoms with van der Waals surface area (Å²) < 4.78 is 7.29. The molecule has 100 valence electrons. The number of tetrazole rings is 1. The van der Waals surface area contributed by atoms with Crippen molar-refractivity contribution < 1.29 is 4.74 Å². The largest absolute Gasteiger partial charge is 0.378 e. The third-order valence-corrected chi connectivity index (χ3v) is 3.24. The maximum absolute atomic E-state index is 5.59. The molecule has 1 aromatic heterocycles. The van der Waals surface area contributed by atoms with Gasteiger partial charge in [-0.05, 0) is 41.8 Å². The maximum Gasteiger partial charge on any atom is 0.247 e. The second-order valence-corrected chi connectivity index (χ2v) is 4.60. The Bertz CT molecular complexity index is 507. The number of rotatable bonds is 5. The number of nitrogens with zero attached hydrogens (tertiary/aromatic N) is 4. The summed E-state index contributed by atoms with van der Waals surface area (Å²) >= 11 is 0. The Hall–Kier alpha value is -1.95. The molecule has 0 bridgehead atoms.